The number of amides is 1. The number of esters is 1. The molecule has 0 bridgehead atoms. The van der Waals surface area contributed by atoms with Gasteiger partial charge in [-0.3, -0.25) is 14.5 Å². The molecule has 11 heteroatoms. The number of rotatable bonds is 3. The van der Waals surface area contributed by atoms with Crippen molar-refractivity contribution < 1.29 is 19.1 Å². The third-order valence-electron chi connectivity index (χ3n) is 7.05. The predicted octanol–water partition coefficient (Wildman–Crippen LogP) is 6.39. The fourth-order valence-corrected chi connectivity index (χ4v) is 6.47. The number of ether oxygens (including phenoxy) is 1. The van der Waals surface area contributed by atoms with Crippen molar-refractivity contribution in [2.24, 2.45) is 11.1 Å². The zero-order chi connectivity index (χ0) is 27.7. The molecule has 198 valence electrons. The average Bonchev–Trinajstić information content (AvgIpc) is 3.07. The van der Waals surface area contributed by atoms with E-state index in [0.29, 0.717) is 34.1 Å². The van der Waals surface area contributed by atoms with Gasteiger partial charge in [-0.2, -0.15) is 0 Å². The number of fused-ring (bicyclic) bond motifs is 3. The van der Waals surface area contributed by atoms with Crippen LogP contribution in [-0.4, -0.2) is 24.3 Å². The number of anilines is 2. The Morgan fingerprint density at radius 3 is 2.42 bits per heavy atom. The Morgan fingerprint density at radius 2 is 1.74 bits per heavy atom. The minimum Gasteiger partial charge on any atom is -0.462 e. The van der Waals surface area contributed by atoms with Gasteiger partial charge in [-0.1, -0.05) is 60.3 Å². The van der Waals surface area contributed by atoms with E-state index in [4.69, 9.17) is 56.9 Å². The van der Waals surface area contributed by atoms with E-state index in [0.717, 1.165) is 0 Å². The highest BCUT2D eigenvalue weighted by Crippen LogP contribution is 2.58. The number of Topliss-reactive ketones (excluding diaryl/α,β-unsaturated/α-hetero) is 1. The largest absolute Gasteiger partial charge is 0.462 e. The summed E-state index contributed by atoms with van der Waals surface area (Å²) >= 11 is 25.6. The fraction of sp³-hybridized carbons (Fsp3) is 0.296. The van der Waals surface area contributed by atoms with Crippen molar-refractivity contribution in [3.8, 4) is 0 Å². The molecule has 1 amide bonds. The van der Waals surface area contributed by atoms with Gasteiger partial charge in [0.2, 0.25) is 5.91 Å². The lowest BCUT2D eigenvalue weighted by Crippen LogP contribution is -2.54. The third-order valence-corrected chi connectivity index (χ3v) is 8.31. The molecule has 1 unspecified atom stereocenters. The number of nitrogens with two attached hydrogens (primary N) is 1. The van der Waals surface area contributed by atoms with Gasteiger partial charge < -0.3 is 15.8 Å². The van der Waals surface area contributed by atoms with E-state index in [1.807, 2.05) is 13.8 Å². The molecule has 2 aliphatic heterocycles. The van der Waals surface area contributed by atoms with Gasteiger partial charge >= 0.3 is 5.97 Å². The van der Waals surface area contributed by atoms with Crippen LogP contribution in [0.4, 0.5) is 11.4 Å². The molecule has 0 radical (unpaired) electrons. The average molecular weight is 595 g/mol. The van der Waals surface area contributed by atoms with Crippen LogP contribution in [0.5, 0.6) is 0 Å². The van der Waals surface area contributed by atoms with Crippen molar-refractivity contribution in [1.82, 2.24) is 0 Å². The lowest BCUT2D eigenvalue weighted by Gasteiger charge is -2.47. The summed E-state index contributed by atoms with van der Waals surface area (Å²) in [7, 11) is 0. The second-order valence-corrected chi connectivity index (χ2v) is 11.8. The molecule has 2 aromatic rings. The maximum Gasteiger partial charge on any atom is 0.339 e. The van der Waals surface area contributed by atoms with Crippen LogP contribution in [0.1, 0.15) is 39.2 Å². The number of benzene rings is 2. The van der Waals surface area contributed by atoms with Gasteiger partial charge in [0, 0.05) is 34.0 Å². The van der Waals surface area contributed by atoms with Crippen molar-refractivity contribution in [1.29, 1.82) is 0 Å². The van der Waals surface area contributed by atoms with Crippen LogP contribution in [0, 0.1) is 5.41 Å². The SMILES string of the molecule is CCOC(=O)C1=C(N)N(c2cc(Cl)c(Cl)cc2Cl)C2=C(C(=O)CC(C)(C)C2)C12C(=O)Nc1ccc(Cl)cc12. The molecule has 0 saturated carbocycles. The number of halogens is 4. The summed E-state index contributed by atoms with van der Waals surface area (Å²) in [4.78, 5) is 43.3. The Balaban J connectivity index is 1.95. The number of carbonyl (C=O) groups excluding carboxylic acids is 3. The molecule has 1 atom stereocenters. The first kappa shape index (κ1) is 26.9. The summed E-state index contributed by atoms with van der Waals surface area (Å²) in [6.07, 6.45) is 0.474. The molecule has 5 rings (SSSR count). The van der Waals surface area contributed by atoms with E-state index >= 15 is 0 Å². The van der Waals surface area contributed by atoms with Crippen LogP contribution < -0.4 is 16.0 Å². The Labute approximate surface area is 239 Å². The molecule has 1 spiro atoms. The maximum atomic E-state index is 14.1. The molecular weight excluding hydrogens is 572 g/mol. The molecule has 7 nitrogen and oxygen atoms in total. The van der Waals surface area contributed by atoms with Crippen LogP contribution >= 0.6 is 46.4 Å². The predicted molar refractivity (Wildman–Crippen MR) is 149 cm³/mol. The van der Waals surface area contributed by atoms with Gasteiger partial charge in [0.1, 0.15) is 16.8 Å². The molecule has 0 aromatic heterocycles. The molecule has 0 fully saturated rings. The lowest BCUT2D eigenvalue weighted by atomic mass is 9.60. The number of nitrogens with one attached hydrogen (secondary N) is 1. The van der Waals surface area contributed by atoms with Gasteiger partial charge in [-0.05, 0) is 49.1 Å². The fourth-order valence-electron chi connectivity index (χ4n) is 5.67. The van der Waals surface area contributed by atoms with Gasteiger partial charge in [0.25, 0.3) is 0 Å². The van der Waals surface area contributed by atoms with Crippen LogP contribution in [0.25, 0.3) is 0 Å². The zero-order valence-electron chi connectivity index (χ0n) is 20.7. The molecule has 38 heavy (non-hydrogen) atoms. The van der Waals surface area contributed by atoms with Crippen LogP contribution in [0.3, 0.4) is 0 Å². The highest BCUT2D eigenvalue weighted by molar-refractivity contribution is 6.44. The molecule has 2 heterocycles. The zero-order valence-corrected chi connectivity index (χ0v) is 23.7. The lowest BCUT2D eigenvalue weighted by molar-refractivity contribution is -0.140. The van der Waals surface area contributed by atoms with E-state index in [-0.39, 0.29) is 50.8 Å². The minimum atomic E-state index is -1.88. The van der Waals surface area contributed by atoms with Gasteiger partial charge in [0.05, 0.1) is 27.4 Å². The van der Waals surface area contributed by atoms with Crippen molar-refractivity contribution in [2.75, 3.05) is 16.8 Å². The van der Waals surface area contributed by atoms with Gasteiger partial charge in [-0.15, -0.1) is 0 Å². The highest BCUT2D eigenvalue weighted by Gasteiger charge is 2.63. The second-order valence-electron chi connectivity index (χ2n) is 10.2. The summed E-state index contributed by atoms with van der Waals surface area (Å²) in [5.74, 6) is -1.87. The Bertz CT molecular complexity index is 1510. The second kappa shape index (κ2) is 9.19. The Hall–Kier alpha value is -2.71. The molecule has 1 aliphatic carbocycles. The quantitative estimate of drug-likeness (QED) is 0.315. The number of carbonyl (C=O) groups is 3. The van der Waals surface area contributed by atoms with Gasteiger partial charge in [-0.25, -0.2) is 4.79 Å². The first-order chi connectivity index (χ1) is 17.8. The van der Waals surface area contributed by atoms with Crippen LogP contribution in [0.2, 0.25) is 20.1 Å². The van der Waals surface area contributed by atoms with E-state index < -0.39 is 22.7 Å². The van der Waals surface area contributed by atoms with Crippen molar-refractivity contribution >= 4 is 75.4 Å². The smallest absolute Gasteiger partial charge is 0.339 e. The summed E-state index contributed by atoms with van der Waals surface area (Å²) in [5.41, 5.74) is 5.85. The molecule has 3 N–H and O–H groups in total. The highest BCUT2D eigenvalue weighted by atomic mass is 35.5. The number of hydrogen-bond donors (Lipinski definition) is 2. The van der Waals surface area contributed by atoms with Crippen molar-refractivity contribution in [3.63, 3.8) is 0 Å². The molecule has 0 saturated heterocycles. The van der Waals surface area contributed by atoms with E-state index in [9.17, 15) is 14.4 Å². The summed E-state index contributed by atoms with van der Waals surface area (Å²) in [5, 5.41) is 3.74. The Morgan fingerprint density at radius 1 is 1.05 bits per heavy atom. The molecule has 3 aliphatic rings. The maximum absolute atomic E-state index is 14.1. The first-order valence-corrected chi connectivity index (χ1v) is 13.3. The number of ketones is 1. The normalized spacial score (nSPS) is 22.0. The van der Waals surface area contributed by atoms with E-state index in [2.05, 4.69) is 5.32 Å². The van der Waals surface area contributed by atoms with E-state index in [1.54, 1.807) is 25.1 Å². The topological polar surface area (TPSA) is 102 Å². The monoisotopic (exact) mass is 593 g/mol. The number of nitrogens with zero attached hydrogens (tertiary/aromatic N) is 1. The summed E-state index contributed by atoms with van der Waals surface area (Å²) < 4.78 is 5.41. The summed E-state index contributed by atoms with van der Waals surface area (Å²) in [6, 6.07) is 7.78. The van der Waals surface area contributed by atoms with E-state index in [1.165, 1.54) is 17.0 Å². The molecule has 2 aromatic carbocycles. The van der Waals surface area contributed by atoms with Crippen LogP contribution in [0.15, 0.2) is 53.0 Å². The van der Waals surface area contributed by atoms with Crippen molar-refractivity contribution in [3.05, 3.63) is 78.7 Å². The Kier molecular flexibility index (Phi) is 6.50. The van der Waals surface area contributed by atoms with Gasteiger partial charge in [0.15, 0.2) is 5.78 Å². The standard InChI is InChI=1S/C27H23Cl4N3O4/c1-4-38-24(36)22-23(32)34(18-9-15(30)14(29)8-16(18)31)19-10-26(2,3)11-20(35)21(19)27(22)13-7-12(28)5-6-17(13)33-25(27)37/h5-9H,4,10-11,32H2,1-3H3,(H,33,37). The first-order valence-electron chi connectivity index (χ1n) is 11.8. The molecular formula is C27H23Cl4N3O4. The number of allylic oxidation sites excluding steroid dienone is 1. The van der Waals surface area contributed by atoms with Crippen molar-refractivity contribution in [2.45, 2.75) is 39.0 Å². The number of hydrogen-bond acceptors (Lipinski definition) is 6. The van der Waals surface area contributed by atoms with Crippen LogP contribution in [-0.2, 0) is 24.5 Å². The third kappa shape index (κ3) is 3.82. The summed E-state index contributed by atoms with van der Waals surface area (Å²) in [6.45, 7) is 5.53. The minimum absolute atomic E-state index is 0.0100.